The maximum absolute atomic E-state index is 5.61. The molecule has 0 aliphatic heterocycles. The van der Waals surface area contributed by atoms with Gasteiger partial charge in [0.1, 0.15) is 6.61 Å². The van der Waals surface area contributed by atoms with E-state index in [1.165, 1.54) is 0 Å². The Morgan fingerprint density at radius 1 is 1.54 bits per heavy atom. The quantitative estimate of drug-likeness (QED) is 0.719. The molecule has 0 atom stereocenters. The molecule has 0 radical (unpaired) electrons. The minimum absolute atomic E-state index is 0.548. The highest BCUT2D eigenvalue weighted by Crippen LogP contribution is 2.13. The topological polar surface area (TPSA) is 48.1 Å². The summed E-state index contributed by atoms with van der Waals surface area (Å²) in [7, 11) is 0. The monoisotopic (exact) mass is 178 g/mol. The molecule has 2 N–H and O–H groups in total. The zero-order chi connectivity index (χ0) is 9.68. The molecule has 0 saturated heterocycles. The van der Waals surface area contributed by atoms with Crippen molar-refractivity contribution in [3.8, 4) is 5.88 Å². The third-order valence-electron chi connectivity index (χ3n) is 1.66. The molecule has 13 heavy (non-hydrogen) atoms. The highest BCUT2D eigenvalue weighted by atomic mass is 16.5. The van der Waals surface area contributed by atoms with Crippen molar-refractivity contribution >= 4 is 5.69 Å². The van der Waals surface area contributed by atoms with Gasteiger partial charge in [-0.2, -0.15) is 0 Å². The van der Waals surface area contributed by atoms with Crippen molar-refractivity contribution in [3.05, 3.63) is 30.0 Å². The van der Waals surface area contributed by atoms with E-state index in [4.69, 9.17) is 10.5 Å². The van der Waals surface area contributed by atoms with Gasteiger partial charge in [0, 0.05) is 6.07 Å². The maximum atomic E-state index is 5.61. The Bertz CT molecular complexity index is 308. The lowest BCUT2D eigenvalue weighted by Gasteiger charge is -2.04. The van der Waals surface area contributed by atoms with Crippen LogP contribution in [0.1, 0.15) is 12.6 Å². The summed E-state index contributed by atoms with van der Waals surface area (Å²) in [6, 6.07) is 3.57. The van der Waals surface area contributed by atoms with Crippen LogP contribution in [0, 0.1) is 6.92 Å². The SMILES string of the molecule is C/C=C/COc1ccc(N)c(C)n1. The Morgan fingerprint density at radius 2 is 2.31 bits per heavy atom. The Morgan fingerprint density at radius 3 is 2.92 bits per heavy atom. The van der Waals surface area contributed by atoms with Crippen molar-refractivity contribution in [3.63, 3.8) is 0 Å². The molecule has 70 valence electrons. The number of pyridine rings is 1. The first kappa shape index (κ1) is 9.58. The molecule has 0 aromatic carbocycles. The van der Waals surface area contributed by atoms with Gasteiger partial charge in [0.05, 0.1) is 11.4 Å². The largest absolute Gasteiger partial charge is 0.473 e. The van der Waals surface area contributed by atoms with Crippen LogP contribution in [0.25, 0.3) is 0 Å². The van der Waals surface area contributed by atoms with E-state index in [1.807, 2.05) is 26.0 Å². The molecule has 3 nitrogen and oxygen atoms in total. The number of nitrogen functional groups attached to an aromatic ring is 1. The molecule has 1 heterocycles. The van der Waals surface area contributed by atoms with Gasteiger partial charge in [-0.3, -0.25) is 0 Å². The van der Waals surface area contributed by atoms with Gasteiger partial charge in [-0.05, 0) is 19.9 Å². The number of nitrogens with two attached hydrogens (primary N) is 1. The van der Waals surface area contributed by atoms with Crippen molar-refractivity contribution < 1.29 is 4.74 Å². The van der Waals surface area contributed by atoms with Crippen molar-refractivity contribution in [2.24, 2.45) is 0 Å². The minimum atomic E-state index is 0.548. The minimum Gasteiger partial charge on any atom is -0.473 e. The zero-order valence-corrected chi connectivity index (χ0v) is 7.95. The number of allylic oxidation sites excluding steroid dienone is 1. The fraction of sp³-hybridized carbons (Fsp3) is 0.300. The molecular weight excluding hydrogens is 164 g/mol. The van der Waals surface area contributed by atoms with Gasteiger partial charge < -0.3 is 10.5 Å². The highest BCUT2D eigenvalue weighted by Gasteiger charge is 1.97. The third kappa shape index (κ3) is 2.78. The zero-order valence-electron chi connectivity index (χ0n) is 7.95. The highest BCUT2D eigenvalue weighted by molar-refractivity contribution is 5.43. The van der Waals surface area contributed by atoms with Crippen molar-refractivity contribution in [2.75, 3.05) is 12.3 Å². The third-order valence-corrected chi connectivity index (χ3v) is 1.66. The predicted octanol–water partition coefficient (Wildman–Crippen LogP) is 1.93. The van der Waals surface area contributed by atoms with E-state index in [1.54, 1.807) is 12.1 Å². The van der Waals surface area contributed by atoms with Crippen LogP contribution in [0.5, 0.6) is 5.88 Å². The molecule has 3 heteroatoms. The van der Waals surface area contributed by atoms with Gasteiger partial charge in [0.15, 0.2) is 0 Å². The van der Waals surface area contributed by atoms with E-state index in [9.17, 15) is 0 Å². The number of anilines is 1. The van der Waals surface area contributed by atoms with Crippen LogP contribution in [-0.2, 0) is 0 Å². The van der Waals surface area contributed by atoms with Crippen LogP contribution in [0.2, 0.25) is 0 Å². The first-order valence-electron chi connectivity index (χ1n) is 4.21. The Balaban J connectivity index is 2.63. The first-order valence-corrected chi connectivity index (χ1v) is 4.21. The molecule has 1 aromatic heterocycles. The average Bonchev–Trinajstić information content (AvgIpc) is 2.12. The Kier molecular flexibility index (Phi) is 3.31. The molecular formula is C10H14N2O. The summed E-state index contributed by atoms with van der Waals surface area (Å²) >= 11 is 0. The molecule has 0 bridgehead atoms. The molecule has 0 amide bonds. The molecule has 0 fully saturated rings. The van der Waals surface area contributed by atoms with Crippen LogP contribution in [-0.4, -0.2) is 11.6 Å². The van der Waals surface area contributed by atoms with Crippen LogP contribution >= 0.6 is 0 Å². The Hall–Kier alpha value is -1.51. The van der Waals surface area contributed by atoms with Crippen LogP contribution < -0.4 is 10.5 Å². The van der Waals surface area contributed by atoms with E-state index in [-0.39, 0.29) is 0 Å². The second-order valence-electron chi connectivity index (χ2n) is 2.70. The number of hydrogen-bond donors (Lipinski definition) is 1. The summed E-state index contributed by atoms with van der Waals surface area (Å²) in [5.41, 5.74) is 7.11. The summed E-state index contributed by atoms with van der Waals surface area (Å²) in [4.78, 5) is 4.16. The summed E-state index contributed by atoms with van der Waals surface area (Å²) in [5, 5.41) is 0. The first-order chi connectivity index (χ1) is 6.24. The fourth-order valence-electron chi connectivity index (χ4n) is 0.859. The summed E-state index contributed by atoms with van der Waals surface area (Å²) in [6.07, 6.45) is 3.86. The number of aryl methyl sites for hydroxylation is 1. The van der Waals surface area contributed by atoms with Gasteiger partial charge in [0.25, 0.3) is 0 Å². The second kappa shape index (κ2) is 4.50. The number of aromatic nitrogens is 1. The molecule has 0 unspecified atom stereocenters. The number of hydrogen-bond acceptors (Lipinski definition) is 3. The Labute approximate surface area is 78.2 Å². The van der Waals surface area contributed by atoms with E-state index in [0.717, 1.165) is 5.69 Å². The number of nitrogens with zero attached hydrogens (tertiary/aromatic N) is 1. The molecule has 0 aliphatic carbocycles. The molecule has 0 spiro atoms. The molecule has 0 aliphatic rings. The normalized spacial score (nSPS) is 10.6. The fourth-order valence-corrected chi connectivity index (χ4v) is 0.859. The lowest BCUT2D eigenvalue weighted by molar-refractivity contribution is 0.347. The van der Waals surface area contributed by atoms with Crippen LogP contribution in [0.4, 0.5) is 5.69 Å². The van der Waals surface area contributed by atoms with Crippen LogP contribution in [0.15, 0.2) is 24.3 Å². The lowest BCUT2D eigenvalue weighted by Crippen LogP contribution is -1.99. The van der Waals surface area contributed by atoms with Gasteiger partial charge >= 0.3 is 0 Å². The van der Waals surface area contributed by atoms with Gasteiger partial charge in [0.2, 0.25) is 5.88 Å². The number of ether oxygens (including phenoxy) is 1. The lowest BCUT2D eigenvalue weighted by atomic mass is 10.3. The van der Waals surface area contributed by atoms with Crippen molar-refractivity contribution in [1.82, 2.24) is 4.98 Å². The summed E-state index contributed by atoms with van der Waals surface area (Å²) < 4.78 is 5.33. The van der Waals surface area contributed by atoms with E-state index >= 15 is 0 Å². The number of rotatable bonds is 3. The van der Waals surface area contributed by atoms with Crippen molar-refractivity contribution in [1.29, 1.82) is 0 Å². The maximum Gasteiger partial charge on any atom is 0.213 e. The predicted molar refractivity (Wildman–Crippen MR) is 53.7 cm³/mol. The van der Waals surface area contributed by atoms with Crippen LogP contribution in [0.3, 0.4) is 0 Å². The van der Waals surface area contributed by atoms with Crippen molar-refractivity contribution in [2.45, 2.75) is 13.8 Å². The van der Waals surface area contributed by atoms with Gasteiger partial charge in [-0.25, -0.2) is 4.98 Å². The van der Waals surface area contributed by atoms with Gasteiger partial charge in [-0.1, -0.05) is 12.2 Å². The molecule has 1 rings (SSSR count). The average molecular weight is 178 g/mol. The standard InChI is InChI=1S/C10H14N2O/c1-3-4-7-13-10-6-5-9(11)8(2)12-10/h3-6H,7,11H2,1-2H3/b4-3+. The van der Waals surface area contributed by atoms with E-state index in [0.29, 0.717) is 18.2 Å². The molecule has 1 aromatic rings. The second-order valence-corrected chi connectivity index (χ2v) is 2.70. The summed E-state index contributed by atoms with van der Waals surface area (Å²) in [6.45, 7) is 4.36. The van der Waals surface area contributed by atoms with E-state index < -0.39 is 0 Å². The van der Waals surface area contributed by atoms with E-state index in [2.05, 4.69) is 4.98 Å². The summed E-state index contributed by atoms with van der Waals surface area (Å²) in [5.74, 6) is 0.616. The van der Waals surface area contributed by atoms with Gasteiger partial charge in [-0.15, -0.1) is 0 Å². The smallest absolute Gasteiger partial charge is 0.213 e. The molecule has 0 saturated carbocycles.